The second kappa shape index (κ2) is 6.90. The summed E-state index contributed by atoms with van der Waals surface area (Å²) in [6.07, 6.45) is 2.07. The van der Waals surface area contributed by atoms with Crippen molar-refractivity contribution < 1.29 is 4.79 Å². The molecule has 0 aromatic carbocycles. The molecule has 23 heavy (non-hydrogen) atoms. The van der Waals surface area contributed by atoms with Crippen LogP contribution >= 0.6 is 34.4 Å². The third-order valence-corrected chi connectivity index (χ3v) is 6.12. The number of nitrogens with two attached hydrogens (primary N) is 1. The smallest absolute Gasteiger partial charge is 0.250 e. The normalized spacial score (nSPS) is 11.0. The fourth-order valence-electron chi connectivity index (χ4n) is 2.48. The minimum atomic E-state index is -0.389. The van der Waals surface area contributed by atoms with Crippen LogP contribution < -0.4 is 5.73 Å². The van der Waals surface area contributed by atoms with Crippen molar-refractivity contribution >= 4 is 40.3 Å². The summed E-state index contributed by atoms with van der Waals surface area (Å²) in [5, 5.41) is 5.10. The Hall–Kier alpha value is -1.57. The first kappa shape index (κ1) is 16.3. The number of nitrogens with zero attached hydrogens (tertiary/aromatic N) is 2. The summed E-state index contributed by atoms with van der Waals surface area (Å²) in [5.74, 6) is 0.586. The van der Waals surface area contributed by atoms with Gasteiger partial charge in [0, 0.05) is 23.4 Å². The zero-order valence-corrected chi connectivity index (χ0v) is 15.4. The van der Waals surface area contributed by atoms with Crippen LogP contribution in [-0.4, -0.2) is 27.5 Å². The molecular formula is C16H17N3OS3. The number of thiophene rings is 1. The molecule has 0 unspecified atom stereocenters. The van der Waals surface area contributed by atoms with E-state index in [1.165, 1.54) is 0 Å². The average molecular weight is 364 g/mol. The van der Waals surface area contributed by atoms with Crippen LogP contribution in [0.25, 0.3) is 21.3 Å². The Morgan fingerprint density at radius 3 is 2.91 bits per heavy atom. The van der Waals surface area contributed by atoms with E-state index in [2.05, 4.69) is 16.9 Å². The van der Waals surface area contributed by atoms with Crippen LogP contribution in [0.5, 0.6) is 0 Å². The quantitative estimate of drug-likeness (QED) is 0.717. The van der Waals surface area contributed by atoms with E-state index in [4.69, 9.17) is 10.7 Å². The first-order chi connectivity index (χ1) is 11.1. The summed E-state index contributed by atoms with van der Waals surface area (Å²) >= 11 is 5.08. The highest BCUT2D eigenvalue weighted by molar-refractivity contribution is 7.98. The van der Waals surface area contributed by atoms with Gasteiger partial charge in [0.1, 0.15) is 5.01 Å². The molecule has 1 amide bonds. The van der Waals surface area contributed by atoms with Gasteiger partial charge in [-0.1, -0.05) is 6.07 Å². The number of primary amides is 1. The van der Waals surface area contributed by atoms with E-state index >= 15 is 0 Å². The monoisotopic (exact) mass is 363 g/mol. The van der Waals surface area contributed by atoms with Crippen molar-refractivity contribution in [2.24, 2.45) is 5.73 Å². The van der Waals surface area contributed by atoms with Gasteiger partial charge in [0.25, 0.3) is 5.91 Å². The van der Waals surface area contributed by atoms with Gasteiger partial charge in [0.05, 0.1) is 21.8 Å². The summed E-state index contributed by atoms with van der Waals surface area (Å²) in [6, 6.07) is 5.96. The molecule has 3 aromatic heterocycles. The molecule has 3 aromatic rings. The molecule has 4 nitrogen and oxygen atoms in total. The van der Waals surface area contributed by atoms with Gasteiger partial charge < -0.3 is 10.3 Å². The molecule has 0 spiro atoms. The van der Waals surface area contributed by atoms with E-state index in [1.54, 1.807) is 34.4 Å². The Morgan fingerprint density at radius 1 is 1.43 bits per heavy atom. The highest BCUT2D eigenvalue weighted by atomic mass is 32.2. The van der Waals surface area contributed by atoms with E-state index in [0.717, 1.165) is 39.3 Å². The highest BCUT2D eigenvalue weighted by Crippen LogP contribution is 2.33. The SMILES string of the molecule is CSCCn1c(-c2csc(-c3cccs3)n2)cc(C(N)=O)c1C. The van der Waals surface area contributed by atoms with E-state index < -0.39 is 0 Å². The molecule has 2 N–H and O–H groups in total. The number of aromatic nitrogens is 2. The molecule has 120 valence electrons. The molecular weight excluding hydrogens is 346 g/mol. The minimum Gasteiger partial charge on any atom is -0.366 e. The molecule has 7 heteroatoms. The van der Waals surface area contributed by atoms with Crippen molar-refractivity contribution in [1.82, 2.24) is 9.55 Å². The topological polar surface area (TPSA) is 60.9 Å². The van der Waals surface area contributed by atoms with Crippen molar-refractivity contribution in [3.8, 4) is 21.3 Å². The first-order valence-electron chi connectivity index (χ1n) is 7.10. The molecule has 0 aliphatic heterocycles. The van der Waals surface area contributed by atoms with Crippen molar-refractivity contribution in [3.05, 3.63) is 40.2 Å². The maximum atomic E-state index is 11.7. The van der Waals surface area contributed by atoms with Gasteiger partial charge in [-0.25, -0.2) is 4.98 Å². The molecule has 3 rings (SSSR count). The minimum absolute atomic E-state index is 0.389. The molecule has 0 aliphatic carbocycles. The van der Waals surface area contributed by atoms with Crippen molar-refractivity contribution in [2.45, 2.75) is 13.5 Å². The van der Waals surface area contributed by atoms with Gasteiger partial charge in [0.2, 0.25) is 0 Å². The molecule has 0 saturated heterocycles. The summed E-state index contributed by atoms with van der Waals surface area (Å²) in [4.78, 5) is 17.6. The molecule has 0 radical (unpaired) electrons. The van der Waals surface area contributed by atoms with Gasteiger partial charge in [0.15, 0.2) is 0 Å². The zero-order valence-electron chi connectivity index (χ0n) is 12.9. The largest absolute Gasteiger partial charge is 0.366 e. The fraction of sp³-hybridized carbons (Fsp3) is 0.250. The molecule has 0 aliphatic rings. The van der Waals surface area contributed by atoms with E-state index in [9.17, 15) is 4.79 Å². The van der Waals surface area contributed by atoms with Gasteiger partial charge in [-0.3, -0.25) is 4.79 Å². The number of thioether (sulfide) groups is 1. The lowest BCUT2D eigenvalue weighted by Crippen LogP contribution is -2.13. The van der Waals surface area contributed by atoms with E-state index in [-0.39, 0.29) is 5.91 Å². The van der Waals surface area contributed by atoms with Crippen LogP contribution in [0.4, 0.5) is 0 Å². The average Bonchev–Trinajstić information content (AvgIpc) is 3.24. The highest BCUT2D eigenvalue weighted by Gasteiger charge is 2.18. The molecule has 3 heterocycles. The molecule has 0 bridgehead atoms. The van der Waals surface area contributed by atoms with Gasteiger partial charge in [-0.15, -0.1) is 22.7 Å². The van der Waals surface area contributed by atoms with Crippen LogP contribution in [0, 0.1) is 6.92 Å². The van der Waals surface area contributed by atoms with Crippen molar-refractivity contribution in [2.75, 3.05) is 12.0 Å². The molecule has 0 fully saturated rings. The number of rotatable bonds is 6. The zero-order chi connectivity index (χ0) is 16.4. The van der Waals surface area contributed by atoms with E-state index in [1.807, 2.05) is 29.8 Å². The Labute approximate surface area is 147 Å². The number of amides is 1. The third kappa shape index (κ3) is 3.22. The lowest BCUT2D eigenvalue weighted by molar-refractivity contribution is 0.0999. The summed E-state index contributed by atoms with van der Waals surface area (Å²) < 4.78 is 2.14. The van der Waals surface area contributed by atoms with Crippen LogP contribution in [0.3, 0.4) is 0 Å². The maximum Gasteiger partial charge on any atom is 0.250 e. The number of hydrogen-bond donors (Lipinski definition) is 1. The van der Waals surface area contributed by atoms with E-state index in [0.29, 0.717) is 5.56 Å². The van der Waals surface area contributed by atoms with Crippen LogP contribution in [0.1, 0.15) is 16.1 Å². The Morgan fingerprint density at radius 2 is 2.26 bits per heavy atom. The number of hydrogen-bond acceptors (Lipinski definition) is 5. The number of thiazole rings is 1. The lowest BCUT2D eigenvalue weighted by atomic mass is 10.2. The second-order valence-electron chi connectivity index (χ2n) is 5.05. The van der Waals surface area contributed by atoms with Crippen LogP contribution in [0.15, 0.2) is 29.0 Å². The van der Waals surface area contributed by atoms with Gasteiger partial charge in [-0.05, 0) is 30.7 Å². The summed E-state index contributed by atoms with van der Waals surface area (Å²) in [5.41, 5.74) is 8.86. The van der Waals surface area contributed by atoms with Crippen LogP contribution in [-0.2, 0) is 6.54 Å². The first-order valence-corrected chi connectivity index (χ1v) is 10.3. The van der Waals surface area contributed by atoms with Gasteiger partial charge >= 0.3 is 0 Å². The fourth-order valence-corrected chi connectivity index (χ4v) is 4.48. The van der Waals surface area contributed by atoms with Crippen molar-refractivity contribution in [3.63, 3.8) is 0 Å². The second-order valence-corrected chi connectivity index (χ2v) is 7.84. The predicted molar refractivity (Wildman–Crippen MR) is 100 cm³/mol. The number of carbonyl (C=O) groups excluding carboxylic acids is 1. The van der Waals surface area contributed by atoms with Crippen LogP contribution in [0.2, 0.25) is 0 Å². The van der Waals surface area contributed by atoms with Gasteiger partial charge in [-0.2, -0.15) is 11.8 Å². The maximum absolute atomic E-state index is 11.7. The Kier molecular flexibility index (Phi) is 4.89. The standard InChI is InChI=1S/C16H17N3OS3/c1-10-11(15(17)20)8-13(19(10)5-7-21-2)12-9-23-16(18-12)14-4-3-6-22-14/h3-4,6,8-9H,5,7H2,1-2H3,(H2,17,20). The lowest BCUT2D eigenvalue weighted by Gasteiger charge is -2.09. The molecule has 0 saturated carbocycles. The van der Waals surface area contributed by atoms with Crippen molar-refractivity contribution in [1.29, 1.82) is 0 Å². The predicted octanol–water partition coefficient (Wildman–Crippen LogP) is 4.11. The Balaban J connectivity index is 2.04. The molecule has 0 atom stereocenters. The number of carbonyl (C=O) groups is 1. The third-order valence-electron chi connectivity index (χ3n) is 3.65. The summed E-state index contributed by atoms with van der Waals surface area (Å²) in [7, 11) is 0. The summed E-state index contributed by atoms with van der Waals surface area (Å²) in [6.45, 7) is 2.78. The Bertz CT molecular complexity index is 818.